The van der Waals surface area contributed by atoms with Crippen molar-refractivity contribution in [1.82, 2.24) is 5.32 Å². The van der Waals surface area contributed by atoms with Crippen LogP contribution in [-0.2, 0) is 6.54 Å². The summed E-state index contributed by atoms with van der Waals surface area (Å²) in [6.45, 7) is 2.63. The second-order valence-corrected chi connectivity index (χ2v) is 7.11. The van der Waals surface area contributed by atoms with E-state index in [4.69, 9.17) is 0 Å². The van der Waals surface area contributed by atoms with Gasteiger partial charge in [0.15, 0.2) is 0 Å². The summed E-state index contributed by atoms with van der Waals surface area (Å²) in [5, 5.41) is 3.53. The third-order valence-electron chi connectivity index (χ3n) is 5.19. The number of allylic oxidation sites excluding steroid dienone is 1. The Morgan fingerprint density at radius 2 is 1.74 bits per heavy atom. The van der Waals surface area contributed by atoms with Crippen LogP contribution in [0.3, 0.4) is 0 Å². The molecule has 1 aliphatic carbocycles. The summed E-state index contributed by atoms with van der Waals surface area (Å²) in [7, 11) is 0. The van der Waals surface area contributed by atoms with Gasteiger partial charge in [0.1, 0.15) is 5.75 Å². The lowest BCUT2D eigenvalue weighted by Gasteiger charge is -2.20. The Balaban J connectivity index is 1.33. The SMILES string of the molecule is FC(F)(F)Oc1ccc(N2CC3C=C(NCc4ccccc4)CC3C2)cc1. The topological polar surface area (TPSA) is 24.5 Å². The molecule has 2 atom stereocenters. The molecule has 0 spiro atoms. The van der Waals surface area contributed by atoms with Crippen molar-refractivity contribution in [2.45, 2.75) is 19.3 Å². The smallest absolute Gasteiger partial charge is 0.406 e. The molecule has 1 heterocycles. The van der Waals surface area contributed by atoms with Crippen molar-refractivity contribution in [2.24, 2.45) is 11.8 Å². The molecule has 0 aromatic heterocycles. The summed E-state index contributed by atoms with van der Waals surface area (Å²) in [6.07, 6.45) is -1.32. The van der Waals surface area contributed by atoms with Crippen LogP contribution in [0.25, 0.3) is 0 Å². The van der Waals surface area contributed by atoms with Gasteiger partial charge in [0.2, 0.25) is 0 Å². The van der Waals surface area contributed by atoms with Gasteiger partial charge in [-0.15, -0.1) is 13.2 Å². The van der Waals surface area contributed by atoms with Gasteiger partial charge in [0.05, 0.1) is 0 Å². The summed E-state index contributed by atoms with van der Waals surface area (Å²) in [5.74, 6) is 0.849. The predicted octanol–water partition coefficient (Wildman–Crippen LogP) is 4.72. The Morgan fingerprint density at radius 1 is 1.00 bits per heavy atom. The minimum atomic E-state index is -4.65. The predicted molar refractivity (Wildman–Crippen MR) is 98.3 cm³/mol. The highest BCUT2D eigenvalue weighted by molar-refractivity contribution is 5.51. The van der Waals surface area contributed by atoms with Crippen LogP contribution in [0.4, 0.5) is 18.9 Å². The molecular formula is C21H21F3N2O. The van der Waals surface area contributed by atoms with Gasteiger partial charge in [-0.25, -0.2) is 0 Å². The van der Waals surface area contributed by atoms with Gasteiger partial charge in [-0.1, -0.05) is 36.4 Å². The number of ether oxygens (including phenoxy) is 1. The lowest BCUT2D eigenvalue weighted by Crippen LogP contribution is -2.22. The quantitative estimate of drug-likeness (QED) is 0.820. The third-order valence-corrected chi connectivity index (χ3v) is 5.19. The molecule has 0 saturated carbocycles. The fraction of sp³-hybridized carbons (Fsp3) is 0.333. The van der Waals surface area contributed by atoms with Crippen molar-refractivity contribution < 1.29 is 17.9 Å². The molecule has 3 nitrogen and oxygen atoms in total. The summed E-state index contributed by atoms with van der Waals surface area (Å²) >= 11 is 0. The van der Waals surface area contributed by atoms with Crippen molar-refractivity contribution >= 4 is 5.69 Å². The van der Waals surface area contributed by atoms with Gasteiger partial charge in [0.25, 0.3) is 0 Å². The van der Waals surface area contributed by atoms with Gasteiger partial charge in [-0.05, 0) is 42.2 Å². The number of hydrogen-bond donors (Lipinski definition) is 1. The van der Waals surface area contributed by atoms with E-state index in [1.54, 1.807) is 12.1 Å². The Bertz CT molecular complexity index is 802. The highest BCUT2D eigenvalue weighted by Crippen LogP contribution is 2.38. The number of nitrogens with one attached hydrogen (secondary N) is 1. The maximum absolute atomic E-state index is 12.3. The van der Waals surface area contributed by atoms with E-state index in [9.17, 15) is 13.2 Å². The molecule has 1 saturated heterocycles. The standard InChI is InChI=1S/C21H21F3N2O/c22-21(23,24)27-20-8-6-19(7-9-20)26-13-16-10-18(11-17(16)14-26)25-12-15-4-2-1-3-5-15/h1-10,16-17,25H,11-14H2. The monoisotopic (exact) mass is 374 g/mol. The zero-order valence-corrected chi connectivity index (χ0v) is 14.7. The third kappa shape index (κ3) is 4.38. The Hall–Kier alpha value is -2.63. The molecule has 2 unspecified atom stereocenters. The molecule has 2 aliphatic rings. The maximum Gasteiger partial charge on any atom is 0.573 e. The minimum Gasteiger partial charge on any atom is -0.406 e. The molecule has 0 amide bonds. The van der Waals surface area contributed by atoms with E-state index in [2.05, 4.69) is 33.2 Å². The summed E-state index contributed by atoms with van der Waals surface area (Å²) in [4.78, 5) is 2.23. The fourth-order valence-electron chi connectivity index (χ4n) is 3.92. The second kappa shape index (κ2) is 7.18. The molecule has 0 radical (unpaired) electrons. The van der Waals surface area contributed by atoms with E-state index in [1.165, 1.54) is 23.4 Å². The minimum absolute atomic E-state index is 0.182. The summed E-state index contributed by atoms with van der Waals surface area (Å²) in [5.41, 5.74) is 3.49. The Labute approximate surface area is 156 Å². The number of halogens is 3. The first-order valence-electron chi connectivity index (χ1n) is 9.05. The van der Waals surface area contributed by atoms with Crippen LogP contribution in [0.1, 0.15) is 12.0 Å². The Morgan fingerprint density at radius 3 is 2.41 bits per heavy atom. The number of benzene rings is 2. The molecule has 1 aliphatic heterocycles. The number of alkyl halides is 3. The van der Waals surface area contributed by atoms with Crippen LogP contribution in [0.15, 0.2) is 66.4 Å². The summed E-state index contributed by atoms with van der Waals surface area (Å²) < 4.78 is 40.7. The zero-order chi connectivity index (χ0) is 18.9. The van der Waals surface area contributed by atoms with E-state index >= 15 is 0 Å². The van der Waals surface area contributed by atoms with Gasteiger partial charge in [-0.3, -0.25) is 0 Å². The molecule has 27 heavy (non-hydrogen) atoms. The average molecular weight is 374 g/mol. The number of fused-ring (bicyclic) bond motifs is 1. The number of hydrogen-bond acceptors (Lipinski definition) is 3. The lowest BCUT2D eigenvalue weighted by atomic mass is 10.0. The maximum atomic E-state index is 12.3. The van der Waals surface area contributed by atoms with E-state index in [-0.39, 0.29) is 5.75 Å². The van der Waals surface area contributed by atoms with E-state index < -0.39 is 6.36 Å². The van der Waals surface area contributed by atoms with Crippen LogP contribution in [0, 0.1) is 11.8 Å². The lowest BCUT2D eigenvalue weighted by molar-refractivity contribution is -0.274. The highest BCUT2D eigenvalue weighted by Gasteiger charge is 2.36. The van der Waals surface area contributed by atoms with E-state index in [0.29, 0.717) is 11.8 Å². The van der Waals surface area contributed by atoms with Crippen LogP contribution < -0.4 is 15.0 Å². The normalized spacial score (nSPS) is 21.7. The average Bonchev–Trinajstić information content (AvgIpc) is 3.19. The molecule has 1 N–H and O–H groups in total. The highest BCUT2D eigenvalue weighted by atomic mass is 19.4. The molecular weight excluding hydrogens is 353 g/mol. The first-order valence-corrected chi connectivity index (χ1v) is 9.05. The van der Waals surface area contributed by atoms with Crippen LogP contribution >= 0.6 is 0 Å². The molecule has 4 rings (SSSR count). The van der Waals surface area contributed by atoms with Gasteiger partial charge in [-0.2, -0.15) is 0 Å². The summed E-state index contributed by atoms with van der Waals surface area (Å²) in [6, 6.07) is 16.4. The first-order chi connectivity index (χ1) is 13.0. The largest absolute Gasteiger partial charge is 0.573 e. The fourth-order valence-corrected chi connectivity index (χ4v) is 3.92. The first kappa shape index (κ1) is 17.8. The van der Waals surface area contributed by atoms with Gasteiger partial charge >= 0.3 is 6.36 Å². The molecule has 1 fully saturated rings. The number of nitrogens with zero attached hydrogens (tertiary/aromatic N) is 1. The molecule has 2 aromatic rings. The van der Waals surface area contributed by atoms with Gasteiger partial charge < -0.3 is 15.0 Å². The second-order valence-electron chi connectivity index (χ2n) is 7.11. The van der Waals surface area contributed by atoms with Gasteiger partial charge in [0, 0.05) is 36.9 Å². The molecule has 6 heteroatoms. The van der Waals surface area contributed by atoms with Crippen molar-refractivity contribution in [2.75, 3.05) is 18.0 Å². The van der Waals surface area contributed by atoms with Crippen LogP contribution in [0.2, 0.25) is 0 Å². The number of rotatable bonds is 5. The number of anilines is 1. The Kier molecular flexibility index (Phi) is 4.72. The van der Waals surface area contributed by atoms with Crippen molar-refractivity contribution in [3.05, 3.63) is 71.9 Å². The van der Waals surface area contributed by atoms with Crippen molar-refractivity contribution in [1.29, 1.82) is 0 Å². The molecule has 0 bridgehead atoms. The van der Waals surface area contributed by atoms with E-state index in [0.717, 1.165) is 31.7 Å². The zero-order valence-electron chi connectivity index (χ0n) is 14.7. The molecule has 142 valence electrons. The molecule has 2 aromatic carbocycles. The van der Waals surface area contributed by atoms with E-state index in [1.807, 2.05) is 18.2 Å². The van der Waals surface area contributed by atoms with Crippen LogP contribution in [0.5, 0.6) is 5.75 Å². The van der Waals surface area contributed by atoms with Crippen LogP contribution in [-0.4, -0.2) is 19.5 Å². The van der Waals surface area contributed by atoms with Crippen molar-refractivity contribution in [3.8, 4) is 5.75 Å². The van der Waals surface area contributed by atoms with Crippen molar-refractivity contribution in [3.63, 3.8) is 0 Å².